The molecule has 0 saturated carbocycles. The van der Waals surface area contributed by atoms with Crippen LogP contribution in [0.4, 0.5) is 8.78 Å². The quantitative estimate of drug-likeness (QED) is 0.740. The number of hydrogen-bond donors (Lipinski definition) is 1. The molecule has 0 aliphatic carbocycles. The highest BCUT2D eigenvalue weighted by Crippen LogP contribution is 2.19. The fourth-order valence-electron chi connectivity index (χ4n) is 1.41. The van der Waals surface area contributed by atoms with Crippen molar-refractivity contribution in [1.82, 2.24) is 5.32 Å². The minimum atomic E-state index is -2.82. The first-order valence-corrected chi connectivity index (χ1v) is 7.20. The van der Waals surface area contributed by atoms with Gasteiger partial charge in [0.15, 0.2) is 0 Å². The maximum atomic E-state index is 12.2. The van der Waals surface area contributed by atoms with E-state index in [1.807, 2.05) is 6.92 Å². The molecule has 1 N–H and O–H groups in total. The van der Waals surface area contributed by atoms with Crippen molar-refractivity contribution in [3.05, 3.63) is 29.8 Å². The number of halogens is 2. The van der Waals surface area contributed by atoms with Crippen LogP contribution >= 0.6 is 0 Å². The lowest BCUT2D eigenvalue weighted by molar-refractivity contribution is -0.0504. The van der Waals surface area contributed by atoms with Crippen molar-refractivity contribution < 1.29 is 17.7 Å². The molecule has 6 heteroatoms. The van der Waals surface area contributed by atoms with E-state index in [-0.39, 0.29) is 5.75 Å². The van der Waals surface area contributed by atoms with Crippen LogP contribution in [0.5, 0.6) is 5.75 Å². The Hall–Kier alpha value is -1.01. The molecule has 3 nitrogen and oxygen atoms in total. The molecule has 0 aromatic heterocycles. The molecule has 0 amide bonds. The Morgan fingerprint density at radius 1 is 1.39 bits per heavy atom. The van der Waals surface area contributed by atoms with Gasteiger partial charge in [-0.1, -0.05) is 25.1 Å². The Morgan fingerprint density at radius 2 is 2.11 bits per heavy atom. The van der Waals surface area contributed by atoms with Gasteiger partial charge in [0.2, 0.25) is 0 Å². The van der Waals surface area contributed by atoms with E-state index in [0.29, 0.717) is 30.2 Å². The van der Waals surface area contributed by atoms with E-state index >= 15 is 0 Å². The van der Waals surface area contributed by atoms with E-state index in [4.69, 9.17) is 0 Å². The molecule has 0 saturated heterocycles. The van der Waals surface area contributed by atoms with Crippen LogP contribution in [-0.4, -0.2) is 28.9 Å². The average molecular weight is 277 g/mol. The lowest BCUT2D eigenvalue weighted by Crippen LogP contribution is -2.21. The maximum Gasteiger partial charge on any atom is 0.387 e. The standard InChI is InChI=1S/C12H17F2NO2S/c1-2-18(16)8-7-15-9-10-5-3-4-6-11(10)17-12(13)14/h3-6,12,15H,2,7-9H2,1H3. The first-order valence-electron chi connectivity index (χ1n) is 5.72. The fourth-order valence-corrected chi connectivity index (χ4v) is 2.07. The number of ether oxygens (including phenoxy) is 1. The molecule has 1 atom stereocenters. The van der Waals surface area contributed by atoms with Gasteiger partial charge in [0.25, 0.3) is 0 Å². The van der Waals surface area contributed by atoms with E-state index in [1.165, 1.54) is 6.07 Å². The van der Waals surface area contributed by atoms with Crippen molar-refractivity contribution >= 4 is 10.8 Å². The molecule has 0 fully saturated rings. The zero-order valence-electron chi connectivity index (χ0n) is 10.2. The average Bonchev–Trinajstić information content (AvgIpc) is 2.35. The van der Waals surface area contributed by atoms with E-state index in [1.54, 1.807) is 18.2 Å². The second-order valence-electron chi connectivity index (χ2n) is 3.60. The van der Waals surface area contributed by atoms with Crippen LogP contribution in [0.3, 0.4) is 0 Å². The summed E-state index contributed by atoms with van der Waals surface area (Å²) in [5, 5.41) is 3.06. The summed E-state index contributed by atoms with van der Waals surface area (Å²) in [6.07, 6.45) is 0. The highest BCUT2D eigenvalue weighted by molar-refractivity contribution is 7.84. The van der Waals surface area contributed by atoms with Crippen LogP contribution in [-0.2, 0) is 17.3 Å². The molecule has 1 aromatic carbocycles. The summed E-state index contributed by atoms with van der Waals surface area (Å²) in [4.78, 5) is 0. The van der Waals surface area contributed by atoms with Gasteiger partial charge in [-0.3, -0.25) is 4.21 Å². The van der Waals surface area contributed by atoms with Crippen molar-refractivity contribution in [1.29, 1.82) is 0 Å². The van der Waals surface area contributed by atoms with E-state index in [0.717, 1.165) is 0 Å². The first kappa shape index (κ1) is 15.0. The Morgan fingerprint density at radius 3 is 2.78 bits per heavy atom. The summed E-state index contributed by atoms with van der Waals surface area (Å²) in [7, 11) is -0.813. The Balaban J connectivity index is 2.43. The topological polar surface area (TPSA) is 38.3 Å². The third-order valence-corrected chi connectivity index (χ3v) is 3.64. The molecule has 102 valence electrons. The molecule has 0 radical (unpaired) electrons. The molecule has 0 bridgehead atoms. The van der Waals surface area contributed by atoms with Crippen molar-refractivity contribution in [2.45, 2.75) is 20.1 Å². The zero-order chi connectivity index (χ0) is 13.4. The molecular weight excluding hydrogens is 260 g/mol. The minimum Gasteiger partial charge on any atom is -0.434 e. The third kappa shape index (κ3) is 5.55. The van der Waals surface area contributed by atoms with Crippen LogP contribution in [0.15, 0.2) is 24.3 Å². The highest BCUT2D eigenvalue weighted by atomic mass is 32.2. The van der Waals surface area contributed by atoms with Crippen LogP contribution < -0.4 is 10.1 Å². The van der Waals surface area contributed by atoms with Crippen LogP contribution in [0.2, 0.25) is 0 Å². The van der Waals surface area contributed by atoms with Crippen molar-refractivity contribution in [2.24, 2.45) is 0 Å². The third-order valence-electron chi connectivity index (χ3n) is 2.33. The predicted octanol–water partition coefficient (Wildman–Crippen LogP) is 2.15. The second-order valence-corrected chi connectivity index (χ2v) is 5.46. The van der Waals surface area contributed by atoms with Gasteiger partial charge in [-0.2, -0.15) is 8.78 Å². The zero-order valence-corrected chi connectivity index (χ0v) is 11.0. The molecule has 1 aromatic rings. The summed E-state index contributed by atoms with van der Waals surface area (Å²) < 4.78 is 39.9. The molecule has 0 spiro atoms. The Labute approximate surface area is 108 Å². The molecular formula is C12H17F2NO2S. The number of nitrogens with one attached hydrogen (secondary N) is 1. The summed E-state index contributed by atoms with van der Waals surface area (Å²) >= 11 is 0. The normalized spacial score (nSPS) is 12.7. The molecule has 1 unspecified atom stereocenters. The summed E-state index contributed by atoms with van der Waals surface area (Å²) in [5.74, 6) is 1.37. The van der Waals surface area contributed by atoms with Gasteiger partial charge < -0.3 is 10.1 Å². The number of rotatable bonds is 8. The summed E-state index contributed by atoms with van der Waals surface area (Å²) in [5.41, 5.74) is 0.667. The van der Waals surface area contributed by atoms with E-state index in [9.17, 15) is 13.0 Å². The Kier molecular flexibility index (Phi) is 6.82. The first-order chi connectivity index (χ1) is 8.63. The monoisotopic (exact) mass is 277 g/mol. The van der Waals surface area contributed by atoms with Gasteiger partial charge in [-0.05, 0) is 6.07 Å². The number of benzene rings is 1. The lowest BCUT2D eigenvalue weighted by Gasteiger charge is -2.11. The second kappa shape index (κ2) is 8.16. The molecule has 0 heterocycles. The van der Waals surface area contributed by atoms with Crippen LogP contribution in [0.1, 0.15) is 12.5 Å². The van der Waals surface area contributed by atoms with Gasteiger partial charge in [0.1, 0.15) is 5.75 Å². The van der Waals surface area contributed by atoms with Crippen LogP contribution in [0.25, 0.3) is 0 Å². The molecule has 0 aliphatic rings. The van der Waals surface area contributed by atoms with Gasteiger partial charge in [-0.25, -0.2) is 0 Å². The van der Waals surface area contributed by atoms with Crippen molar-refractivity contribution in [3.63, 3.8) is 0 Å². The lowest BCUT2D eigenvalue weighted by atomic mass is 10.2. The summed E-state index contributed by atoms with van der Waals surface area (Å²) in [6.45, 7) is 0.0496. The Bertz CT molecular complexity index is 388. The minimum absolute atomic E-state index is 0.177. The smallest absolute Gasteiger partial charge is 0.387 e. The largest absolute Gasteiger partial charge is 0.434 e. The molecule has 1 rings (SSSR count). The van der Waals surface area contributed by atoms with Crippen molar-refractivity contribution in [2.75, 3.05) is 18.1 Å². The maximum absolute atomic E-state index is 12.2. The van der Waals surface area contributed by atoms with E-state index < -0.39 is 17.4 Å². The van der Waals surface area contributed by atoms with Gasteiger partial charge in [-0.15, -0.1) is 0 Å². The fraction of sp³-hybridized carbons (Fsp3) is 0.500. The number of para-hydroxylation sites is 1. The van der Waals surface area contributed by atoms with Gasteiger partial charge in [0, 0.05) is 41.0 Å². The van der Waals surface area contributed by atoms with Crippen LogP contribution in [0, 0.1) is 0 Å². The highest BCUT2D eigenvalue weighted by Gasteiger charge is 2.08. The molecule has 18 heavy (non-hydrogen) atoms. The predicted molar refractivity (Wildman–Crippen MR) is 68.3 cm³/mol. The van der Waals surface area contributed by atoms with Gasteiger partial charge >= 0.3 is 6.61 Å². The summed E-state index contributed by atoms with van der Waals surface area (Å²) in [6, 6.07) is 6.64. The van der Waals surface area contributed by atoms with Gasteiger partial charge in [0.05, 0.1) is 0 Å². The SMILES string of the molecule is CCS(=O)CCNCc1ccccc1OC(F)F. The van der Waals surface area contributed by atoms with Crippen molar-refractivity contribution in [3.8, 4) is 5.75 Å². The number of hydrogen-bond acceptors (Lipinski definition) is 3. The number of alkyl halides is 2. The van der Waals surface area contributed by atoms with E-state index in [2.05, 4.69) is 10.1 Å². The molecule has 0 aliphatic heterocycles.